The van der Waals surface area contributed by atoms with E-state index in [4.69, 9.17) is 24.1 Å². The minimum Gasteiger partial charge on any atom is -0.462 e. The molecule has 14 nitrogen and oxygen atoms in total. The molecule has 15 heteroatoms. The van der Waals surface area contributed by atoms with Crippen molar-refractivity contribution in [1.29, 1.82) is 0 Å². The molecule has 0 unspecified atom stereocenters. The van der Waals surface area contributed by atoms with Gasteiger partial charge in [0.2, 0.25) is 0 Å². The van der Waals surface area contributed by atoms with E-state index in [9.17, 15) is 18.9 Å². The SMILES string of the molecule is Cc1cn([C@H]2C[C@H](N=[N+]=[N-])[C@@H](COC(=O)[C@H](CC(C)C)NP(=O)(OC(C)C)OC(C)C)O2)c(=O)[nH]c1=O. The lowest BCUT2D eigenvalue weighted by molar-refractivity contribution is -0.151. The molecule has 4 atom stereocenters. The Hall–Kier alpha value is -2.47. The molecule has 0 radical (unpaired) electrons. The lowest BCUT2D eigenvalue weighted by atomic mass is 10.0. The summed E-state index contributed by atoms with van der Waals surface area (Å²) in [6.07, 6.45) is -0.782. The number of esters is 1. The first-order chi connectivity index (χ1) is 17.2. The molecule has 0 amide bonds. The van der Waals surface area contributed by atoms with E-state index in [0.29, 0.717) is 5.56 Å². The van der Waals surface area contributed by atoms with E-state index in [2.05, 4.69) is 20.1 Å². The number of nitrogens with one attached hydrogen (secondary N) is 2. The van der Waals surface area contributed by atoms with E-state index in [1.165, 1.54) is 10.8 Å². The number of azide groups is 1. The summed E-state index contributed by atoms with van der Waals surface area (Å²) < 4.78 is 36.9. The number of carbonyl (C=O) groups excluding carboxylic acids is 1. The fraction of sp³-hybridized carbons (Fsp3) is 0.773. The largest absolute Gasteiger partial charge is 0.462 e. The van der Waals surface area contributed by atoms with E-state index in [1.54, 1.807) is 34.6 Å². The Bertz CT molecular complexity index is 1130. The van der Waals surface area contributed by atoms with Crippen LogP contribution >= 0.6 is 7.75 Å². The lowest BCUT2D eigenvalue weighted by Gasteiger charge is -2.28. The molecule has 1 aliphatic heterocycles. The van der Waals surface area contributed by atoms with Crippen LogP contribution in [0.5, 0.6) is 0 Å². The predicted molar refractivity (Wildman–Crippen MR) is 135 cm³/mol. The molecule has 2 N–H and O–H groups in total. The van der Waals surface area contributed by atoms with Crippen molar-refractivity contribution < 1.29 is 27.9 Å². The van der Waals surface area contributed by atoms with E-state index < -0.39 is 61.6 Å². The third kappa shape index (κ3) is 9.10. The number of rotatable bonds is 13. The van der Waals surface area contributed by atoms with Gasteiger partial charge in [-0.3, -0.25) is 28.2 Å². The molecule has 2 rings (SSSR count). The number of nitrogens with zero attached hydrogens (tertiary/aromatic N) is 4. The Morgan fingerprint density at radius 3 is 2.43 bits per heavy atom. The molecule has 0 aliphatic carbocycles. The summed E-state index contributed by atoms with van der Waals surface area (Å²) in [7, 11) is -3.85. The molecule has 0 bridgehead atoms. The van der Waals surface area contributed by atoms with Gasteiger partial charge in [-0.1, -0.05) is 19.0 Å². The molecular weight excluding hydrogens is 507 g/mol. The summed E-state index contributed by atoms with van der Waals surface area (Å²) in [6, 6.07) is -1.75. The Kier molecular flexibility index (Phi) is 11.1. The molecule has 37 heavy (non-hydrogen) atoms. The van der Waals surface area contributed by atoms with Crippen molar-refractivity contribution in [2.24, 2.45) is 11.0 Å². The number of hydrogen-bond acceptors (Lipinski definition) is 9. The van der Waals surface area contributed by atoms with Crippen LogP contribution in [0.2, 0.25) is 0 Å². The molecule has 208 valence electrons. The topological polar surface area (TPSA) is 187 Å². The van der Waals surface area contributed by atoms with E-state index in [0.717, 1.165) is 0 Å². The molecule has 1 aromatic heterocycles. The van der Waals surface area contributed by atoms with Crippen LogP contribution in [-0.4, -0.2) is 52.5 Å². The van der Waals surface area contributed by atoms with Crippen LogP contribution < -0.4 is 16.3 Å². The van der Waals surface area contributed by atoms with Gasteiger partial charge < -0.3 is 9.47 Å². The smallest absolute Gasteiger partial charge is 0.406 e. The quantitative estimate of drug-likeness (QED) is 0.123. The summed E-state index contributed by atoms with van der Waals surface area (Å²) in [4.78, 5) is 42.1. The van der Waals surface area contributed by atoms with Crippen LogP contribution in [-0.2, 0) is 27.9 Å². The van der Waals surface area contributed by atoms with Crippen molar-refractivity contribution in [3.63, 3.8) is 0 Å². The Morgan fingerprint density at radius 1 is 1.27 bits per heavy atom. The van der Waals surface area contributed by atoms with Crippen molar-refractivity contribution in [2.75, 3.05) is 6.61 Å². The normalized spacial score (nSPS) is 20.9. The highest BCUT2D eigenvalue weighted by Gasteiger charge is 2.39. The van der Waals surface area contributed by atoms with Gasteiger partial charge in [-0.2, -0.15) is 0 Å². The number of H-pyrrole nitrogens is 1. The summed E-state index contributed by atoms with van der Waals surface area (Å²) in [5.41, 5.74) is 8.10. The molecule has 1 aliphatic rings. The third-order valence-corrected chi connectivity index (χ3v) is 7.28. The molecule has 0 saturated carbocycles. The van der Waals surface area contributed by atoms with Crippen molar-refractivity contribution in [3.8, 4) is 0 Å². The zero-order chi connectivity index (χ0) is 27.9. The zero-order valence-electron chi connectivity index (χ0n) is 22.2. The number of aromatic nitrogens is 2. The number of aryl methyl sites for hydroxylation is 1. The van der Waals surface area contributed by atoms with E-state index in [1.807, 2.05) is 13.8 Å². The fourth-order valence-corrected chi connectivity index (χ4v) is 5.67. The Labute approximate surface area is 215 Å². The third-order valence-electron chi connectivity index (χ3n) is 5.25. The molecule has 0 aromatic carbocycles. The summed E-state index contributed by atoms with van der Waals surface area (Å²) in [5.74, 6) is -0.674. The van der Waals surface area contributed by atoms with Crippen LogP contribution in [0.4, 0.5) is 0 Å². The number of ether oxygens (including phenoxy) is 2. The van der Waals surface area contributed by atoms with Gasteiger partial charge in [0.05, 0.1) is 18.2 Å². The number of hydrogen-bond donors (Lipinski definition) is 2. The highest BCUT2D eigenvalue weighted by atomic mass is 31.2. The van der Waals surface area contributed by atoms with Crippen molar-refractivity contribution in [2.45, 2.75) is 97.9 Å². The maximum absolute atomic E-state index is 13.3. The highest BCUT2D eigenvalue weighted by molar-refractivity contribution is 7.51. The van der Waals surface area contributed by atoms with Gasteiger partial charge in [-0.05, 0) is 52.5 Å². The average molecular weight is 545 g/mol. The van der Waals surface area contributed by atoms with E-state index >= 15 is 0 Å². The first-order valence-electron chi connectivity index (χ1n) is 12.2. The molecule has 1 saturated heterocycles. The molecule has 1 aromatic rings. The van der Waals surface area contributed by atoms with Gasteiger partial charge >= 0.3 is 19.4 Å². The fourth-order valence-electron chi connectivity index (χ4n) is 3.79. The van der Waals surface area contributed by atoms with Gasteiger partial charge in [0.1, 0.15) is 25.0 Å². The summed E-state index contributed by atoms with van der Waals surface area (Å²) >= 11 is 0. The lowest BCUT2D eigenvalue weighted by Crippen LogP contribution is -2.40. The monoisotopic (exact) mass is 544 g/mol. The Balaban J connectivity index is 2.18. The van der Waals surface area contributed by atoms with Gasteiger partial charge in [-0.15, -0.1) is 0 Å². The summed E-state index contributed by atoms with van der Waals surface area (Å²) in [6.45, 7) is 11.9. The number of aromatic amines is 1. The number of carbonyl (C=O) groups is 1. The average Bonchev–Trinajstić information content (AvgIpc) is 3.15. The molecule has 1 fully saturated rings. The van der Waals surface area contributed by atoms with Crippen LogP contribution in [0.15, 0.2) is 20.9 Å². The van der Waals surface area contributed by atoms with Crippen molar-refractivity contribution in [1.82, 2.24) is 14.6 Å². The van der Waals surface area contributed by atoms with Crippen molar-refractivity contribution >= 4 is 13.7 Å². The molecule has 2 heterocycles. The predicted octanol–water partition coefficient (Wildman–Crippen LogP) is 3.32. The Morgan fingerprint density at radius 2 is 1.89 bits per heavy atom. The first-order valence-corrected chi connectivity index (χ1v) is 13.7. The zero-order valence-corrected chi connectivity index (χ0v) is 23.1. The first kappa shape index (κ1) is 30.8. The van der Waals surface area contributed by atoms with E-state index in [-0.39, 0.29) is 25.4 Å². The van der Waals surface area contributed by atoms with Crippen LogP contribution in [0.25, 0.3) is 10.4 Å². The minimum absolute atomic E-state index is 0.0370. The van der Waals surface area contributed by atoms with Crippen LogP contribution in [0.3, 0.4) is 0 Å². The maximum Gasteiger partial charge on any atom is 0.406 e. The maximum atomic E-state index is 13.3. The second kappa shape index (κ2) is 13.4. The second-order valence-electron chi connectivity index (χ2n) is 9.86. The van der Waals surface area contributed by atoms with Gasteiger partial charge in [0.25, 0.3) is 5.56 Å². The standard InChI is InChI=1S/C22H37N6O8P/c1-12(2)8-17(26-37(32,35-13(3)4)36-14(5)6)21(30)33-11-18-16(25-27-23)9-19(34-18)28-10-15(7)20(29)24-22(28)31/h10,12-14,16-19H,8-9,11H2,1-7H3,(H,26,32)(H,24,29,31)/t16-,17-,18+,19+/m0/s1. The minimum atomic E-state index is -3.85. The van der Waals surface area contributed by atoms with Gasteiger partial charge in [0, 0.05) is 23.1 Å². The second-order valence-corrected chi connectivity index (χ2v) is 11.5. The summed E-state index contributed by atoms with van der Waals surface area (Å²) in [5, 5.41) is 6.45. The van der Waals surface area contributed by atoms with Gasteiger partial charge in [0.15, 0.2) is 0 Å². The van der Waals surface area contributed by atoms with Crippen LogP contribution in [0.1, 0.15) is 66.2 Å². The van der Waals surface area contributed by atoms with Crippen molar-refractivity contribution in [3.05, 3.63) is 43.0 Å². The van der Waals surface area contributed by atoms with Crippen LogP contribution in [0, 0.1) is 12.8 Å². The highest BCUT2D eigenvalue weighted by Crippen LogP contribution is 2.47. The molecular formula is C22H37N6O8P. The van der Waals surface area contributed by atoms with Gasteiger partial charge in [-0.25, -0.2) is 14.4 Å². The molecule has 0 spiro atoms.